The first-order valence-electron chi connectivity index (χ1n) is 5.65. The summed E-state index contributed by atoms with van der Waals surface area (Å²) in [6, 6.07) is 0.0564. The van der Waals surface area contributed by atoms with Crippen LogP contribution in [-0.2, 0) is 9.53 Å². The Morgan fingerprint density at radius 1 is 1.53 bits per heavy atom. The molecule has 1 fully saturated rings. The fraction of sp³-hybridized carbons (Fsp3) is 0.750. The monoisotopic (exact) mass is 211 g/mol. The highest BCUT2D eigenvalue weighted by Crippen LogP contribution is 2.31. The molecule has 3 unspecified atom stereocenters. The molecule has 0 aliphatic heterocycles. The Morgan fingerprint density at radius 3 is 2.73 bits per heavy atom. The summed E-state index contributed by atoms with van der Waals surface area (Å²) in [5.74, 6) is -0.135. The van der Waals surface area contributed by atoms with Crippen molar-refractivity contribution >= 4 is 5.97 Å². The number of carbonyl (C=O) groups excluding carboxylic acids is 1. The molecule has 0 heterocycles. The summed E-state index contributed by atoms with van der Waals surface area (Å²) in [6.07, 6.45) is 4.60. The molecule has 3 heteroatoms. The molecule has 15 heavy (non-hydrogen) atoms. The van der Waals surface area contributed by atoms with Gasteiger partial charge in [-0.05, 0) is 26.7 Å². The molecule has 0 aromatic carbocycles. The summed E-state index contributed by atoms with van der Waals surface area (Å²) in [5, 5.41) is 0. The maximum atomic E-state index is 11.8. The third kappa shape index (κ3) is 3.06. The zero-order chi connectivity index (χ0) is 11.4. The van der Waals surface area contributed by atoms with Crippen molar-refractivity contribution < 1.29 is 9.53 Å². The van der Waals surface area contributed by atoms with Gasteiger partial charge in [-0.1, -0.05) is 12.5 Å². The molecule has 0 radical (unpaired) electrons. The highest BCUT2D eigenvalue weighted by atomic mass is 16.5. The van der Waals surface area contributed by atoms with Gasteiger partial charge < -0.3 is 10.5 Å². The van der Waals surface area contributed by atoms with Gasteiger partial charge in [0.1, 0.15) is 0 Å². The van der Waals surface area contributed by atoms with Crippen LogP contribution in [0, 0.1) is 11.8 Å². The molecular weight excluding hydrogens is 190 g/mol. The number of carbonyl (C=O) groups is 1. The van der Waals surface area contributed by atoms with Crippen LogP contribution in [0.3, 0.4) is 0 Å². The minimum atomic E-state index is -0.120. The van der Waals surface area contributed by atoms with Gasteiger partial charge in [-0.3, -0.25) is 4.79 Å². The van der Waals surface area contributed by atoms with E-state index in [4.69, 9.17) is 10.5 Å². The van der Waals surface area contributed by atoms with Crippen molar-refractivity contribution in [3.05, 3.63) is 12.7 Å². The summed E-state index contributed by atoms with van der Waals surface area (Å²) in [4.78, 5) is 11.8. The van der Waals surface area contributed by atoms with Gasteiger partial charge in [0.15, 0.2) is 0 Å². The van der Waals surface area contributed by atoms with E-state index in [1.54, 1.807) is 6.08 Å². The van der Waals surface area contributed by atoms with E-state index in [2.05, 4.69) is 6.58 Å². The number of rotatable bonds is 3. The number of hydrogen-bond acceptors (Lipinski definition) is 3. The van der Waals surface area contributed by atoms with Gasteiger partial charge in [0.2, 0.25) is 0 Å². The molecule has 1 aliphatic rings. The van der Waals surface area contributed by atoms with Crippen LogP contribution in [0.25, 0.3) is 0 Å². The van der Waals surface area contributed by atoms with Crippen LogP contribution >= 0.6 is 0 Å². The Labute approximate surface area is 91.7 Å². The fourth-order valence-corrected chi connectivity index (χ4v) is 2.19. The summed E-state index contributed by atoms with van der Waals surface area (Å²) in [6.45, 7) is 7.49. The van der Waals surface area contributed by atoms with E-state index in [0.29, 0.717) is 0 Å². The molecule has 3 atom stereocenters. The zero-order valence-corrected chi connectivity index (χ0v) is 9.61. The van der Waals surface area contributed by atoms with Crippen molar-refractivity contribution in [1.29, 1.82) is 0 Å². The van der Waals surface area contributed by atoms with Crippen LogP contribution in [0.2, 0.25) is 0 Å². The molecule has 0 aromatic heterocycles. The molecule has 86 valence electrons. The minimum Gasteiger partial charge on any atom is -0.463 e. The summed E-state index contributed by atoms with van der Waals surface area (Å²) >= 11 is 0. The van der Waals surface area contributed by atoms with Crippen LogP contribution in [0.15, 0.2) is 12.7 Å². The third-order valence-corrected chi connectivity index (χ3v) is 2.94. The largest absolute Gasteiger partial charge is 0.463 e. The average Bonchev–Trinajstić information content (AvgIpc) is 2.16. The lowest BCUT2D eigenvalue weighted by Crippen LogP contribution is -2.41. The van der Waals surface area contributed by atoms with E-state index in [-0.39, 0.29) is 30.0 Å². The predicted molar refractivity (Wildman–Crippen MR) is 60.2 cm³/mol. The molecule has 1 rings (SSSR count). The second-order valence-electron chi connectivity index (χ2n) is 4.50. The van der Waals surface area contributed by atoms with Crippen LogP contribution in [0.4, 0.5) is 0 Å². The topological polar surface area (TPSA) is 52.3 Å². The van der Waals surface area contributed by atoms with Crippen molar-refractivity contribution in [1.82, 2.24) is 0 Å². The van der Waals surface area contributed by atoms with Gasteiger partial charge in [-0.2, -0.15) is 0 Å². The Bertz CT molecular complexity index is 238. The predicted octanol–water partition coefficient (Wildman–Crippen LogP) is 1.87. The lowest BCUT2D eigenvalue weighted by atomic mass is 9.76. The normalized spacial score (nSPS) is 31.3. The molecule has 0 aromatic rings. The van der Waals surface area contributed by atoms with Gasteiger partial charge in [0.25, 0.3) is 0 Å². The Hall–Kier alpha value is -0.830. The lowest BCUT2D eigenvalue weighted by Gasteiger charge is -2.33. The van der Waals surface area contributed by atoms with Crippen molar-refractivity contribution in [3.8, 4) is 0 Å². The van der Waals surface area contributed by atoms with Crippen LogP contribution in [-0.4, -0.2) is 18.1 Å². The zero-order valence-electron chi connectivity index (χ0n) is 9.61. The van der Waals surface area contributed by atoms with Gasteiger partial charge in [0.05, 0.1) is 12.0 Å². The fourth-order valence-electron chi connectivity index (χ4n) is 2.19. The van der Waals surface area contributed by atoms with E-state index in [1.807, 2.05) is 13.8 Å². The molecular formula is C12H21NO2. The Kier molecular flexibility index (Phi) is 4.33. The van der Waals surface area contributed by atoms with Gasteiger partial charge in [-0.25, -0.2) is 0 Å². The van der Waals surface area contributed by atoms with Gasteiger partial charge in [0, 0.05) is 12.0 Å². The summed E-state index contributed by atoms with van der Waals surface area (Å²) < 4.78 is 5.23. The lowest BCUT2D eigenvalue weighted by molar-refractivity contribution is -0.155. The second-order valence-corrected chi connectivity index (χ2v) is 4.50. The maximum Gasteiger partial charge on any atom is 0.309 e. The quantitative estimate of drug-likeness (QED) is 0.572. The summed E-state index contributed by atoms with van der Waals surface area (Å²) in [7, 11) is 0. The second kappa shape index (κ2) is 5.31. The molecule has 0 saturated heterocycles. The van der Waals surface area contributed by atoms with E-state index in [1.165, 1.54) is 0 Å². The van der Waals surface area contributed by atoms with E-state index < -0.39 is 0 Å². The molecule has 1 saturated carbocycles. The first kappa shape index (κ1) is 12.2. The number of ether oxygens (including phenoxy) is 1. The first-order chi connectivity index (χ1) is 7.06. The number of esters is 1. The average molecular weight is 211 g/mol. The molecule has 0 amide bonds. The smallest absolute Gasteiger partial charge is 0.309 e. The van der Waals surface area contributed by atoms with Crippen molar-refractivity contribution in [2.75, 3.05) is 0 Å². The van der Waals surface area contributed by atoms with E-state index in [9.17, 15) is 4.79 Å². The third-order valence-electron chi connectivity index (χ3n) is 2.94. The number of hydrogen-bond donors (Lipinski definition) is 1. The van der Waals surface area contributed by atoms with Crippen molar-refractivity contribution in [2.24, 2.45) is 17.6 Å². The van der Waals surface area contributed by atoms with Gasteiger partial charge >= 0.3 is 5.97 Å². The van der Waals surface area contributed by atoms with Crippen molar-refractivity contribution in [3.63, 3.8) is 0 Å². The maximum absolute atomic E-state index is 11.8. The Balaban J connectivity index is 2.65. The SMILES string of the molecule is C=CC1C(N)CCCC1C(=O)OC(C)C. The van der Waals surface area contributed by atoms with E-state index >= 15 is 0 Å². The van der Waals surface area contributed by atoms with E-state index in [0.717, 1.165) is 19.3 Å². The van der Waals surface area contributed by atoms with Crippen molar-refractivity contribution in [2.45, 2.75) is 45.3 Å². The minimum absolute atomic E-state index is 0.0545. The molecule has 2 N–H and O–H groups in total. The number of nitrogens with two attached hydrogens (primary N) is 1. The first-order valence-corrected chi connectivity index (χ1v) is 5.65. The Morgan fingerprint density at radius 2 is 2.20 bits per heavy atom. The molecule has 0 bridgehead atoms. The van der Waals surface area contributed by atoms with Crippen LogP contribution in [0.1, 0.15) is 33.1 Å². The van der Waals surface area contributed by atoms with Gasteiger partial charge in [-0.15, -0.1) is 6.58 Å². The standard InChI is InChI=1S/C12H21NO2/c1-4-9-10(6-5-7-11(9)13)12(14)15-8(2)3/h4,8-11H,1,5-7,13H2,2-3H3. The summed E-state index contributed by atoms with van der Waals surface area (Å²) in [5.41, 5.74) is 5.97. The molecule has 3 nitrogen and oxygen atoms in total. The highest BCUT2D eigenvalue weighted by Gasteiger charge is 2.35. The highest BCUT2D eigenvalue weighted by molar-refractivity contribution is 5.73. The molecule has 0 spiro atoms. The molecule has 1 aliphatic carbocycles. The van der Waals surface area contributed by atoms with Crippen LogP contribution < -0.4 is 5.73 Å². The van der Waals surface area contributed by atoms with Crippen LogP contribution in [0.5, 0.6) is 0 Å².